The molecule has 1 heterocycles. The number of hydrogen-bond donors (Lipinski definition) is 1. The van der Waals surface area contributed by atoms with Crippen LogP contribution in [0.5, 0.6) is 0 Å². The van der Waals surface area contributed by atoms with Crippen LogP contribution in [0, 0.1) is 17.8 Å². The lowest BCUT2D eigenvalue weighted by atomic mass is 9.69. The van der Waals surface area contributed by atoms with Crippen molar-refractivity contribution in [1.82, 2.24) is 4.90 Å². The van der Waals surface area contributed by atoms with E-state index in [1.807, 2.05) is 0 Å². The van der Waals surface area contributed by atoms with Crippen molar-refractivity contribution >= 4 is 5.91 Å². The molecule has 0 radical (unpaired) electrons. The zero-order valence-corrected chi connectivity index (χ0v) is 10.5. The molecule has 0 aromatic heterocycles. The van der Waals surface area contributed by atoms with Gasteiger partial charge in [0.05, 0.1) is 6.04 Å². The van der Waals surface area contributed by atoms with Gasteiger partial charge in [-0.2, -0.15) is 0 Å². The van der Waals surface area contributed by atoms with Gasteiger partial charge in [-0.15, -0.1) is 0 Å². The maximum Gasteiger partial charge on any atom is 0.234 e. The fourth-order valence-electron chi connectivity index (χ4n) is 3.18. The average Bonchev–Trinajstić information content (AvgIpc) is 2.57. The summed E-state index contributed by atoms with van der Waals surface area (Å²) >= 11 is 0. The highest BCUT2D eigenvalue weighted by Gasteiger charge is 2.36. The molecule has 3 nitrogen and oxygen atoms in total. The second-order valence-corrected chi connectivity index (χ2v) is 5.90. The molecule has 2 aliphatic rings. The van der Waals surface area contributed by atoms with E-state index in [1.165, 1.54) is 12.8 Å². The van der Waals surface area contributed by atoms with Gasteiger partial charge in [0.1, 0.15) is 0 Å². The van der Waals surface area contributed by atoms with Gasteiger partial charge >= 0.3 is 0 Å². The number of amides is 1. The van der Waals surface area contributed by atoms with Gasteiger partial charge in [-0.1, -0.05) is 13.8 Å². The van der Waals surface area contributed by atoms with E-state index in [9.17, 15) is 4.79 Å². The van der Waals surface area contributed by atoms with Crippen LogP contribution >= 0.6 is 0 Å². The summed E-state index contributed by atoms with van der Waals surface area (Å²) < 4.78 is 0. The van der Waals surface area contributed by atoms with Crippen molar-refractivity contribution in [3.63, 3.8) is 0 Å². The van der Waals surface area contributed by atoms with Crippen LogP contribution in [-0.4, -0.2) is 29.9 Å². The largest absolute Gasteiger partial charge is 0.368 e. The fourth-order valence-corrected chi connectivity index (χ4v) is 3.18. The molecule has 1 amide bonds. The number of primary amides is 1. The van der Waals surface area contributed by atoms with Gasteiger partial charge < -0.3 is 5.73 Å². The highest BCUT2D eigenvalue weighted by Crippen LogP contribution is 2.39. The zero-order valence-electron chi connectivity index (χ0n) is 10.5. The van der Waals surface area contributed by atoms with Crippen molar-refractivity contribution in [1.29, 1.82) is 0 Å². The topological polar surface area (TPSA) is 46.3 Å². The van der Waals surface area contributed by atoms with Crippen LogP contribution in [-0.2, 0) is 4.79 Å². The first-order valence-corrected chi connectivity index (χ1v) is 6.61. The predicted molar refractivity (Wildman–Crippen MR) is 64.8 cm³/mol. The lowest BCUT2D eigenvalue weighted by Crippen LogP contribution is -2.45. The molecule has 0 bridgehead atoms. The molecule has 2 fully saturated rings. The number of hydrogen-bond acceptors (Lipinski definition) is 2. The van der Waals surface area contributed by atoms with Crippen LogP contribution in [0.1, 0.15) is 39.5 Å². The first-order chi connectivity index (χ1) is 7.58. The van der Waals surface area contributed by atoms with E-state index in [0.717, 1.165) is 43.7 Å². The van der Waals surface area contributed by atoms with Crippen LogP contribution < -0.4 is 5.73 Å². The molecular formula is C13H24N2O. The van der Waals surface area contributed by atoms with Crippen LogP contribution in [0.4, 0.5) is 0 Å². The van der Waals surface area contributed by atoms with E-state index in [2.05, 4.69) is 18.7 Å². The molecule has 0 unspecified atom stereocenters. The minimum absolute atomic E-state index is 0.0260. The summed E-state index contributed by atoms with van der Waals surface area (Å²) in [5.74, 6) is 2.42. The standard InChI is InChI=1S/C13H24N2O/c1-9(2)11-6-10(7-11)8-15-5-3-4-12(15)13(14)16/h9-12H,3-8H2,1-2H3,(H2,14,16)/t10?,11?,12-/m1/s1. The third-order valence-corrected chi connectivity index (χ3v) is 4.40. The minimum atomic E-state index is -0.128. The number of nitrogens with zero attached hydrogens (tertiary/aromatic N) is 1. The minimum Gasteiger partial charge on any atom is -0.368 e. The van der Waals surface area contributed by atoms with Gasteiger partial charge in [0.2, 0.25) is 5.91 Å². The van der Waals surface area contributed by atoms with E-state index >= 15 is 0 Å². The lowest BCUT2D eigenvalue weighted by Gasteiger charge is -2.40. The third-order valence-electron chi connectivity index (χ3n) is 4.40. The summed E-state index contributed by atoms with van der Waals surface area (Å²) in [4.78, 5) is 13.6. The molecule has 16 heavy (non-hydrogen) atoms. The van der Waals surface area contributed by atoms with Crippen molar-refractivity contribution in [2.45, 2.75) is 45.6 Å². The Kier molecular flexibility index (Phi) is 3.53. The Bertz CT molecular complexity index is 259. The molecule has 2 N–H and O–H groups in total. The Hall–Kier alpha value is -0.570. The van der Waals surface area contributed by atoms with Gasteiger partial charge in [0, 0.05) is 6.54 Å². The van der Waals surface area contributed by atoms with Crippen molar-refractivity contribution in [3.05, 3.63) is 0 Å². The second kappa shape index (κ2) is 4.74. The molecule has 1 aliphatic heterocycles. The van der Waals surface area contributed by atoms with Gasteiger partial charge in [0.15, 0.2) is 0 Å². The van der Waals surface area contributed by atoms with Crippen molar-refractivity contribution in [3.8, 4) is 0 Å². The summed E-state index contributed by atoms with van der Waals surface area (Å²) in [6.45, 7) is 6.78. The van der Waals surface area contributed by atoms with Gasteiger partial charge in [-0.05, 0) is 50.0 Å². The predicted octanol–water partition coefficient (Wildman–Crippen LogP) is 1.62. The molecule has 1 saturated carbocycles. The summed E-state index contributed by atoms with van der Waals surface area (Å²) in [7, 11) is 0. The van der Waals surface area contributed by atoms with Crippen molar-refractivity contribution in [2.75, 3.05) is 13.1 Å². The summed E-state index contributed by atoms with van der Waals surface area (Å²) in [6.07, 6.45) is 4.79. The number of nitrogens with two attached hydrogens (primary N) is 1. The number of likely N-dealkylation sites (tertiary alicyclic amines) is 1. The Morgan fingerprint density at radius 3 is 2.69 bits per heavy atom. The number of carbonyl (C=O) groups excluding carboxylic acids is 1. The van der Waals surface area contributed by atoms with Gasteiger partial charge in [-0.25, -0.2) is 0 Å². The normalized spacial score (nSPS) is 35.3. The summed E-state index contributed by atoms with van der Waals surface area (Å²) in [6, 6.07) is 0.0260. The monoisotopic (exact) mass is 224 g/mol. The van der Waals surface area contributed by atoms with E-state index in [4.69, 9.17) is 5.73 Å². The van der Waals surface area contributed by atoms with E-state index < -0.39 is 0 Å². The second-order valence-electron chi connectivity index (χ2n) is 5.90. The molecule has 2 rings (SSSR count). The maximum absolute atomic E-state index is 11.3. The first kappa shape index (κ1) is 11.9. The molecule has 1 aliphatic carbocycles. The van der Waals surface area contributed by atoms with E-state index in [0.29, 0.717) is 0 Å². The summed E-state index contributed by atoms with van der Waals surface area (Å²) in [5.41, 5.74) is 5.42. The molecule has 92 valence electrons. The fraction of sp³-hybridized carbons (Fsp3) is 0.923. The molecule has 3 heteroatoms. The Labute approximate surface area is 98.4 Å². The van der Waals surface area contributed by atoms with Crippen LogP contribution in [0.25, 0.3) is 0 Å². The Morgan fingerprint density at radius 1 is 1.44 bits per heavy atom. The molecule has 0 spiro atoms. The van der Waals surface area contributed by atoms with Crippen LogP contribution in [0.15, 0.2) is 0 Å². The quantitative estimate of drug-likeness (QED) is 0.788. The highest BCUT2D eigenvalue weighted by atomic mass is 16.1. The summed E-state index contributed by atoms with van der Waals surface area (Å²) in [5, 5.41) is 0. The zero-order chi connectivity index (χ0) is 11.7. The van der Waals surface area contributed by atoms with E-state index in [-0.39, 0.29) is 11.9 Å². The first-order valence-electron chi connectivity index (χ1n) is 6.61. The van der Waals surface area contributed by atoms with Crippen molar-refractivity contribution < 1.29 is 4.79 Å². The molecule has 0 aromatic rings. The number of carbonyl (C=O) groups is 1. The van der Waals surface area contributed by atoms with Crippen molar-refractivity contribution in [2.24, 2.45) is 23.5 Å². The van der Waals surface area contributed by atoms with E-state index in [1.54, 1.807) is 0 Å². The number of rotatable bonds is 4. The lowest BCUT2D eigenvalue weighted by molar-refractivity contribution is -0.122. The third kappa shape index (κ3) is 2.40. The Balaban J connectivity index is 1.76. The molecule has 1 saturated heterocycles. The van der Waals surface area contributed by atoms with Crippen LogP contribution in [0.3, 0.4) is 0 Å². The highest BCUT2D eigenvalue weighted by molar-refractivity contribution is 5.80. The molecule has 0 aromatic carbocycles. The maximum atomic E-state index is 11.3. The Morgan fingerprint density at radius 2 is 2.12 bits per heavy atom. The average molecular weight is 224 g/mol. The smallest absolute Gasteiger partial charge is 0.234 e. The molecular weight excluding hydrogens is 200 g/mol. The van der Waals surface area contributed by atoms with Gasteiger partial charge in [0.25, 0.3) is 0 Å². The van der Waals surface area contributed by atoms with Crippen LogP contribution in [0.2, 0.25) is 0 Å². The van der Waals surface area contributed by atoms with Gasteiger partial charge in [-0.3, -0.25) is 9.69 Å². The molecule has 1 atom stereocenters. The SMILES string of the molecule is CC(C)C1CC(CN2CCC[C@@H]2C(N)=O)C1.